The largest absolute Gasteiger partial charge is 0.481 e. The molecule has 2 heterocycles. The van der Waals surface area contributed by atoms with Crippen LogP contribution >= 0.6 is 0 Å². The van der Waals surface area contributed by atoms with E-state index in [0.29, 0.717) is 18.0 Å². The maximum Gasteiger partial charge on any atom is 0.251 e. The van der Waals surface area contributed by atoms with Crippen molar-refractivity contribution in [3.05, 3.63) is 65.0 Å². The SMILES string of the molecule is COc1nc(C)cc(C)c1CNC(=O)c1cccc(-c2ccnn2C)c1. The van der Waals surface area contributed by atoms with Crippen LogP contribution in [-0.4, -0.2) is 27.8 Å². The minimum absolute atomic E-state index is 0.143. The number of hydrogen-bond acceptors (Lipinski definition) is 4. The normalized spacial score (nSPS) is 10.6. The van der Waals surface area contributed by atoms with E-state index < -0.39 is 0 Å². The highest BCUT2D eigenvalue weighted by atomic mass is 16.5. The number of nitrogens with zero attached hydrogens (tertiary/aromatic N) is 3. The van der Waals surface area contributed by atoms with Crippen molar-refractivity contribution in [1.82, 2.24) is 20.1 Å². The lowest BCUT2D eigenvalue weighted by atomic mass is 10.1. The van der Waals surface area contributed by atoms with Crippen LogP contribution in [0.25, 0.3) is 11.3 Å². The van der Waals surface area contributed by atoms with Crippen LogP contribution in [0.3, 0.4) is 0 Å². The van der Waals surface area contributed by atoms with Crippen molar-refractivity contribution in [3.63, 3.8) is 0 Å². The number of methoxy groups -OCH3 is 1. The highest BCUT2D eigenvalue weighted by molar-refractivity contribution is 5.95. The molecule has 2 aromatic heterocycles. The molecule has 0 aliphatic heterocycles. The van der Waals surface area contributed by atoms with Gasteiger partial charge < -0.3 is 10.1 Å². The summed E-state index contributed by atoms with van der Waals surface area (Å²) < 4.78 is 7.14. The van der Waals surface area contributed by atoms with Gasteiger partial charge >= 0.3 is 0 Å². The second-order valence-corrected chi connectivity index (χ2v) is 6.17. The van der Waals surface area contributed by atoms with Gasteiger partial charge in [-0.15, -0.1) is 0 Å². The monoisotopic (exact) mass is 350 g/mol. The summed E-state index contributed by atoms with van der Waals surface area (Å²) in [6.07, 6.45) is 1.74. The smallest absolute Gasteiger partial charge is 0.251 e. The lowest BCUT2D eigenvalue weighted by molar-refractivity contribution is 0.0950. The molecule has 0 aliphatic carbocycles. The van der Waals surface area contributed by atoms with E-state index in [9.17, 15) is 4.79 Å². The minimum atomic E-state index is -0.143. The van der Waals surface area contributed by atoms with Gasteiger partial charge in [0, 0.05) is 42.2 Å². The van der Waals surface area contributed by atoms with Crippen molar-refractivity contribution in [1.29, 1.82) is 0 Å². The predicted octanol–water partition coefficient (Wildman–Crippen LogP) is 3.04. The minimum Gasteiger partial charge on any atom is -0.481 e. The number of amides is 1. The first-order valence-electron chi connectivity index (χ1n) is 8.37. The summed E-state index contributed by atoms with van der Waals surface area (Å²) in [6.45, 7) is 4.26. The van der Waals surface area contributed by atoms with Gasteiger partial charge in [0.15, 0.2) is 0 Å². The van der Waals surface area contributed by atoms with Gasteiger partial charge in [-0.3, -0.25) is 9.48 Å². The molecule has 0 unspecified atom stereocenters. The van der Waals surface area contributed by atoms with Crippen molar-refractivity contribution >= 4 is 5.91 Å². The lowest BCUT2D eigenvalue weighted by Gasteiger charge is -2.13. The Morgan fingerprint density at radius 1 is 1.23 bits per heavy atom. The summed E-state index contributed by atoms with van der Waals surface area (Å²) in [5.41, 5.74) is 5.31. The zero-order chi connectivity index (χ0) is 18.7. The topological polar surface area (TPSA) is 69.0 Å². The first-order chi connectivity index (χ1) is 12.5. The Kier molecular flexibility index (Phi) is 5.02. The molecule has 0 saturated heterocycles. The molecule has 0 atom stereocenters. The Bertz CT molecular complexity index is 947. The molecule has 134 valence electrons. The first-order valence-corrected chi connectivity index (χ1v) is 8.37. The summed E-state index contributed by atoms with van der Waals surface area (Å²) in [7, 11) is 3.46. The first kappa shape index (κ1) is 17.7. The number of hydrogen-bond donors (Lipinski definition) is 1. The van der Waals surface area contributed by atoms with Crippen LogP contribution in [0.4, 0.5) is 0 Å². The van der Waals surface area contributed by atoms with Crippen LogP contribution in [0.2, 0.25) is 0 Å². The average Bonchev–Trinajstić information content (AvgIpc) is 3.06. The summed E-state index contributed by atoms with van der Waals surface area (Å²) in [5.74, 6) is 0.405. The van der Waals surface area contributed by atoms with Crippen LogP contribution in [0.5, 0.6) is 5.88 Å². The Hall–Kier alpha value is -3.15. The van der Waals surface area contributed by atoms with Crippen LogP contribution in [0.1, 0.15) is 27.2 Å². The third-order valence-electron chi connectivity index (χ3n) is 4.30. The van der Waals surface area contributed by atoms with E-state index >= 15 is 0 Å². The maximum absolute atomic E-state index is 12.6. The van der Waals surface area contributed by atoms with E-state index in [2.05, 4.69) is 15.4 Å². The number of nitrogens with one attached hydrogen (secondary N) is 1. The molecule has 1 N–H and O–H groups in total. The molecule has 26 heavy (non-hydrogen) atoms. The summed E-state index contributed by atoms with van der Waals surface area (Å²) in [4.78, 5) is 17.0. The fourth-order valence-corrected chi connectivity index (χ4v) is 2.96. The number of rotatable bonds is 5. The van der Waals surface area contributed by atoms with E-state index in [1.807, 2.05) is 51.2 Å². The summed E-state index contributed by atoms with van der Waals surface area (Å²) in [5, 5.41) is 7.13. The van der Waals surface area contributed by atoms with Gasteiger partial charge in [0.1, 0.15) is 0 Å². The molecular weight excluding hydrogens is 328 g/mol. The fraction of sp³-hybridized carbons (Fsp3) is 0.250. The van der Waals surface area contributed by atoms with Gasteiger partial charge in [-0.2, -0.15) is 5.10 Å². The van der Waals surface area contributed by atoms with Crippen LogP contribution in [-0.2, 0) is 13.6 Å². The number of ether oxygens (including phenoxy) is 1. The standard InChI is InChI=1S/C20H22N4O2/c1-13-10-14(2)23-20(26-4)17(13)12-21-19(25)16-7-5-6-15(11-16)18-8-9-22-24(18)3/h5-11H,12H2,1-4H3,(H,21,25). The Labute approximate surface area is 152 Å². The fourth-order valence-electron chi connectivity index (χ4n) is 2.96. The molecule has 0 bridgehead atoms. The zero-order valence-electron chi connectivity index (χ0n) is 15.4. The molecule has 1 amide bonds. The van der Waals surface area contributed by atoms with Gasteiger partial charge in [0.25, 0.3) is 5.91 Å². The molecule has 0 saturated carbocycles. The van der Waals surface area contributed by atoms with Crippen molar-refractivity contribution in [2.75, 3.05) is 7.11 Å². The Morgan fingerprint density at radius 2 is 2.04 bits per heavy atom. The van der Waals surface area contributed by atoms with Gasteiger partial charge in [0.05, 0.1) is 12.8 Å². The molecule has 3 rings (SSSR count). The molecule has 6 nitrogen and oxygen atoms in total. The van der Waals surface area contributed by atoms with Gasteiger partial charge in [0.2, 0.25) is 5.88 Å². The van der Waals surface area contributed by atoms with E-state index in [1.54, 1.807) is 24.1 Å². The highest BCUT2D eigenvalue weighted by Crippen LogP contribution is 2.22. The van der Waals surface area contributed by atoms with Crippen molar-refractivity contribution in [3.8, 4) is 17.1 Å². The number of pyridine rings is 1. The van der Waals surface area contributed by atoms with E-state index in [4.69, 9.17) is 4.74 Å². The quantitative estimate of drug-likeness (QED) is 0.768. The number of carbonyl (C=O) groups is 1. The number of aryl methyl sites for hydroxylation is 3. The van der Waals surface area contributed by atoms with E-state index in [0.717, 1.165) is 28.1 Å². The molecule has 0 radical (unpaired) electrons. The second kappa shape index (κ2) is 7.39. The van der Waals surface area contributed by atoms with Gasteiger partial charge in [-0.1, -0.05) is 12.1 Å². The Morgan fingerprint density at radius 3 is 2.73 bits per heavy atom. The number of aromatic nitrogens is 3. The number of benzene rings is 1. The average molecular weight is 350 g/mol. The van der Waals surface area contributed by atoms with Gasteiger partial charge in [-0.05, 0) is 43.7 Å². The highest BCUT2D eigenvalue weighted by Gasteiger charge is 2.13. The molecule has 0 spiro atoms. The molecule has 6 heteroatoms. The van der Waals surface area contributed by atoms with Crippen LogP contribution < -0.4 is 10.1 Å². The molecule has 0 aliphatic rings. The number of carbonyl (C=O) groups excluding carboxylic acids is 1. The molecular formula is C20H22N4O2. The van der Waals surface area contributed by atoms with E-state index in [1.165, 1.54) is 0 Å². The van der Waals surface area contributed by atoms with Gasteiger partial charge in [-0.25, -0.2) is 4.98 Å². The molecule has 0 fully saturated rings. The predicted molar refractivity (Wildman–Crippen MR) is 100 cm³/mol. The van der Waals surface area contributed by atoms with Crippen molar-refractivity contribution in [2.45, 2.75) is 20.4 Å². The maximum atomic E-state index is 12.6. The third kappa shape index (κ3) is 3.59. The second-order valence-electron chi connectivity index (χ2n) is 6.17. The van der Waals surface area contributed by atoms with Crippen molar-refractivity contribution < 1.29 is 9.53 Å². The Balaban J connectivity index is 1.79. The van der Waals surface area contributed by atoms with Crippen molar-refractivity contribution in [2.24, 2.45) is 7.05 Å². The zero-order valence-corrected chi connectivity index (χ0v) is 15.4. The third-order valence-corrected chi connectivity index (χ3v) is 4.30. The van der Waals surface area contributed by atoms with E-state index in [-0.39, 0.29) is 5.91 Å². The van der Waals surface area contributed by atoms with Crippen LogP contribution in [0, 0.1) is 13.8 Å². The lowest BCUT2D eigenvalue weighted by Crippen LogP contribution is -2.23. The molecule has 1 aromatic carbocycles. The van der Waals surface area contributed by atoms with Crippen LogP contribution in [0.15, 0.2) is 42.6 Å². The summed E-state index contributed by atoms with van der Waals surface area (Å²) in [6, 6.07) is 11.4. The summed E-state index contributed by atoms with van der Waals surface area (Å²) >= 11 is 0. The molecule has 3 aromatic rings.